The zero-order valence-corrected chi connectivity index (χ0v) is 14.1. The van der Waals surface area contributed by atoms with Gasteiger partial charge in [0.2, 0.25) is 0 Å². The summed E-state index contributed by atoms with van der Waals surface area (Å²) in [5.74, 6) is 0.960. The van der Waals surface area contributed by atoms with Gasteiger partial charge in [0.25, 0.3) is 0 Å². The van der Waals surface area contributed by atoms with Crippen LogP contribution in [0, 0.1) is 29.6 Å². The first-order valence-electron chi connectivity index (χ1n) is 8.29. The summed E-state index contributed by atoms with van der Waals surface area (Å²) >= 11 is 0. The van der Waals surface area contributed by atoms with Crippen LogP contribution in [0.4, 0.5) is 0 Å². The number of aryl methyl sites for hydroxylation is 1. The lowest BCUT2D eigenvalue weighted by Crippen LogP contribution is -2.09. The highest BCUT2D eigenvalue weighted by molar-refractivity contribution is 5.48. The number of hydrogen-bond donors (Lipinski definition) is 1. The van der Waals surface area contributed by atoms with Gasteiger partial charge in [0.15, 0.2) is 0 Å². The number of aliphatic hydroxyl groups is 1. The fourth-order valence-corrected chi connectivity index (χ4v) is 2.97. The highest BCUT2D eigenvalue weighted by atomic mass is 16.5. The molecule has 3 rings (SSSR count). The van der Waals surface area contributed by atoms with E-state index in [1.165, 1.54) is 0 Å². The first-order chi connectivity index (χ1) is 12.2. The van der Waals surface area contributed by atoms with Crippen molar-refractivity contribution in [1.82, 2.24) is 4.98 Å². The van der Waals surface area contributed by atoms with E-state index in [9.17, 15) is 5.11 Å². The molecule has 1 N–H and O–H groups in total. The summed E-state index contributed by atoms with van der Waals surface area (Å²) < 4.78 is 5.95. The second-order valence-corrected chi connectivity index (χ2v) is 6.23. The number of nitriles is 2. The molecule has 0 atom stereocenters. The van der Waals surface area contributed by atoms with E-state index in [1.807, 2.05) is 19.1 Å². The quantitative estimate of drug-likeness (QED) is 0.876. The van der Waals surface area contributed by atoms with Gasteiger partial charge in [-0.2, -0.15) is 10.5 Å². The van der Waals surface area contributed by atoms with Crippen LogP contribution in [0.15, 0.2) is 24.3 Å². The molecule has 25 heavy (non-hydrogen) atoms. The molecule has 1 saturated carbocycles. The molecular formula is C20H19N3O2. The predicted octanol–water partition coefficient (Wildman–Crippen LogP) is 3.28. The predicted molar refractivity (Wildman–Crippen MR) is 91.7 cm³/mol. The molecule has 0 amide bonds. The van der Waals surface area contributed by atoms with Gasteiger partial charge in [0.1, 0.15) is 12.4 Å². The molecule has 2 aromatic rings. The molecule has 1 aromatic carbocycles. The number of hydrogen-bond acceptors (Lipinski definition) is 5. The smallest absolute Gasteiger partial charge is 0.146 e. The van der Waals surface area contributed by atoms with Crippen LogP contribution in [0.1, 0.15) is 52.4 Å². The van der Waals surface area contributed by atoms with Crippen molar-refractivity contribution < 1.29 is 9.84 Å². The Kier molecular flexibility index (Phi) is 4.97. The van der Waals surface area contributed by atoms with Crippen LogP contribution in [0.5, 0.6) is 5.75 Å². The highest BCUT2D eigenvalue weighted by Crippen LogP contribution is 2.43. The maximum absolute atomic E-state index is 9.89. The van der Waals surface area contributed by atoms with Gasteiger partial charge < -0.3 is 9.84 Å². The summed E-state index contributed by atoms with van der Waals surface area (Å²) in [5, 5.41) is 27.9. The molecule has 0 radical (unpaired) electrons. The second kappa shape index (κ2) is 7.34. The minimum atomic E-state index is -0.178. The van der Waals surface area contributed by atoms with E-state index in [1.54, 1.807) is 12.1 Å². The number of rotatable bonds is 6. The number of nitrogens with zero attached hydrogens (tertiary/aromatic N) is 3. The van der Waals surface area contributed by atoms with Crippen molar-refractivity contribution in [3.63, 3.8) is 0 Å². The molecule has 0 bridgehead atoms. The lowest BCUT2D eigenvalue weighted by Gasteiger charge is -2.18. The molecule has 5 heteroatoms. The molecule has 0 spiro atoms. The Morgan fingerprint density at radius 3 is 2.48 bits per heavy atom. The summed E-state index contributed by atoms with van der Waals surface area (Å²) in [6, 6.07) is 11.4. The molecule has 5 nitrogen and oxygen atoms in total. The third-order valence-corrected chi connectivity index (χ3v) is 4.41. The Bertz CT molecular complexity index is 856. The SMILES string of the molecule is Cc1nc(C2CC2)c(CC#N)c(CO)c1OCc1ccc(C#N)cc1. The number of aromatic nitrogens is 1. The fourth-order valence-electron chi connectivity index (χ4n) is 2.97. The lowest BCUT2D eigenvalue weighted by molar-refractivity contribution is 0.255. The normalized spacial score (nSPS) is 13.1. The molecule has 1 heterocycles. The Morgan fingerprint density at radius 1 is 1.20 bits per heavy atom. The number of aliphatic hydroxyl groups excluding tert-OH is 1. The van der Waals surface area contributed by atoms with Gasteiger partial charge in [-0.3, -0.25) is 4.98 Å². The van der Waals surface area contributed by atoms with E-state index >= 15 is 0 Å². The Labute approximate surface area is 147 Å². The topological polar surface area (TPSA) is 89.9 Å². The summed E-state index contributed by atoms with van der Waals surface area (Å²) in [6.45, 7) is 2.01. The molecule has 1 aliphatic rings. The van der Waals surface area contributed by atoms with Crippen LogP contribution in [0.2, 0.25) is 0 Å². The molecule has 126 valence electrons. The van der Waals surface area contributed by atoms with E-state index in [4.69, 9.17) is 15.3 Å². The fraction of sp³-hybridized carbons (Fsp3) is 0.350. The number of benzene rings is 1. The monoisotopic (exact) mass is 333 g/mol. The minimum absolute atomic E-state index is 0.178. The van der Waals surface area contributed by atoms with Crippen molar-refractivity contribution in [1.29, 1.82) is 10.5 Å². The molecule has 1 aromatic heterocycles. The van der Waals surface area contributed by atoms with E-state index in [2.05, 4.69) is 17.1 Å². The average Bonchev–Trinajstić information content (AvgIpc) is 3.47. The van der Waals surface area contributed by atoms with Crippen molar-refractivity contribution in [2.45, 2.75) is 45.3 Å². The average molecular weight is 333 g/mol. The molecule has 0 saturated heterocycles. The van der Waals surface area contributed by atoms with Crippen LogP contribution in [-0.4, -0.2) is 10.1 Å². The summed E-state index contributed by atoms with van der Waals surface area (Å²) in [5.41, 5.74) is 4.69. The van der Waals surface area contributed by atoms with Crippen molar-refractivity contribution in [2.75, 3.05) is 0 Å². The summed E-state index contributed by atoms with van der Waals surface area (Å²) in [6.07, 6.45) is 2.39. The van der Waals surface area contributed by atoms with Crippen LogP contribution in [0.25, 0.3) is 0 Å². The highest BCUT2D eigenvalue weighted by Gasteiger charge is 2.30. The van der Waals surface area contributed by atoms with Gasteiger partial charge >= 0.3 is 0 Å². The zero-order valence-electron chi connectivity index (χ0n) is 14.1. The molecule has 0 unspecified atom stereocenters. The van der Waals surface area contributed by atoms with Crippen LogP contribution >= 0.6 is 0 Å². The van der Waals surface area contributed by atoms with E-state index < -0.39 is 0 Å². The second-order valence-electron chi connectivity index (χ2n) is 6.23. The van der Waals surface area contributed by atoms with E-state index in [0.29, 0.717) is 29.4 Å². The zero-order chi connectivity index (χ0) is 17.8. The first-order valence-corrected chi connectivity index (χ1v) is 8.29. The molecule has 1 aliphatic carbocycles. The van der Waals surface area contributed by atoms with E-state index in [0.717, 1.165) is 35.4 Å². The third kappa shape index (κ3) is 3.63. The van der Waals surface area contributed by atoms with Crippen molar-refractivity contribution in [3.8, 4) is 17.9 Å². The van der Waals surface area contributed by atoms with Crippen LogP contribution in [-0.2, 0) is 19.6 Å². The maximum atomic E-state index is 9.89. The van der Waals surface area contributed by atoms with Crippen molar-refractivity contribution in [2.24, 2.45) is 0 Å². The number of ether oxygens (including phenoxy) is 1. The van der Waals surface area contributed by atoms with Crippen LogP contribution in [0.3, 0.4) is 0 Å². The van der Waals surface area contributed by atoms with Gasteiger partial charge in [0, 0.05) is 17.2 Å². The van der Waals surface area contributed by atoms with Gasteiger partial charge in [-0.15, -0.1) is 0 Å². The minimum Gasteiger partial charge on any atom is -0.487 e. The standard InChI is InChI=1S/C20H19N3O2/c1-13-20(25-12-15-4-2-14(10-22)3-5-15)18(11-24)17(8-9-21)19(23-13)16-6-7-16/h2-5,16,24H,6-8,11-12H2,1H3. The summed E-state index contributed by atoms with van der Waals surface area (Å²) in [4.78, 5) is 4.67. The lowest BCUT2D eigenvalue weighted by atomic mass is 9.99. The van der Waals surface area contributed by atoms with E-state index in [-0.39, 0.29) is 13.0 Å². The van der Waals surface area contributed by atoms with Gasteiger partial charge in [-0.1, -0.05) is 12.1 Å². The summed E-state index contributed by atoms with van der Waals surface area (Å²) in [7, 11) is 0. The Morgan fingerprint density at radius 2 is 1.92 bits per heavy atom. The molecule has 0 aliphatic heterocycles. The first kappa shape index (κ1) is 17.0. The molecule has 1 fully saturated rings. The van der Waals surface area contributed by atoms with Crippen LogP contribution < -0.4 is 4.74 Å². The largest absolute Gasteiger partial charge is 0.487 e. The van der Waals surface area contributed by atoms with Crippen molar-refractivity contribution >= 4 is 0 Å². The maximum Gasteiger partial charge on any atom is 0.146 e. The van der Waals surface area contributed by atoms with Crippen molar-refractivity contribution in [3.05, 3.63) is 57.9 Å². The third-order valence-electron chi connectivity index (χ3n) is 4.41. The Hall–Kier alpha value is -2.89. The van der Waals surface area contributed by atoms with Gasteiger partial charge in [-0.25, -0.2) is 0 Å². The van der Waals surface area contributed by atoms with Gasteiger partial charge in [-0.05, 0) is 43.0 Å². The molecular weight excluding hydrogens is 314 g/mol. The Balaban J connectivity index is 1.90. The number of pyridine rings is 1. The van der Waals surface area contributed by atoms with Gasteiger partial charge in [0.05, 0.1) is 36.4 Å².